The van der Waals surface area contributed by atoms with Crippen LogP contribution in [0.15, 0.2) is 24.5 Å². The van der Waals surface area contributed by atoms with Gasteiger partial charge in [-0.2, -0.15) is 9.97 Å². The van der Waals surface area contributed by atoms with Gasteiger partial charge in [0.2, 0.25) is 5.95 Å². The quantitative estimate of drug-likeness (QED) is 0.425. The van der Waals surface area contributed by atoms with Gasteiger partial charge in [-0.05, 0) is 45.4 Å². The van der Waals surface area contributed by atoms with Crippen LogP contribution < -0.4 is 11.5 Å². The molecule has 1 fully saturated rings. The Labute approximate surface area is 190 Å². The number of fused-ring (bicyclic) bond motifs is 2. The molecule has 3 aromatic heterocycles. The number of imidazole rings is 2. The van der Waals surface area contributed by atoms with Crippen molar-refractivity contribution in [1.29, 1.82) is 0 Å². The number of likely N-dealkylation sites (tertiary alicyclic amines) is 1. The molecule has 1 saturated heterocycles. The van der Waals surface area contributed by atoms with Crippen LogP contribution in [0.3, 0.4) is 0 Å². The molecule has 1 amide bonds. The Hall–Kier alpha value is -3.73. The van der Waals surface area contributed by atoms with Crippen LogP contribution in [0.1, 0.15) is 42.5 Å². The molecule has 4 heterocycles. The summed E-state index contributed by atoms with van der Waals surface area (Å²) in [5.74, 6) is 1.02. The molecule has 0 radical (unpaired) electrons. The van der Waals surface area contributed by atoms with Gasteiger partial charge in [-0.1, -0.05) is 0 Å². The van der Waals surface area contributed by atoms with Crippen molar-refractivity contribution >= 4 is 39.9 Å². The number of nitrogens with two attached hydrogens (primary N) is 2. The Morgan fingerprint density at radius 1 is 1.27 bits per heavy atom. The van der Waals surface area contributed by atoms with E-state index in [4.69, 9.17) is 11.5 Å². The third-order valence-corrected chi connectivity index (χ3v) is 6.49. The third-order valence-electron chi connectivity index (χ3n) is 6.49. The molecule has 2 atom stereocenters. The molecule has 33 heavy (non-hydrogen) atoms. The highest BCUT2D eigenvalue weighted by atomic mass is 16.3. The lowest BCUT2D eigenvalue weighted by molar-refractivity contribution is -0.0479. The van der Waals surface area contributed by atoms with Crippen molar-refractivity contribution in [3.05, 3.63) is 35.9 Å². The summed E-state index contributed by atoms with van der Waals surface area (Å²) in [4.78, 5) is 32.1. The van der Waals surface area contributed by atoms with Gasteiger partial charge in [0, 0.05) is 18.7 Å². The van der Waals surface area contributed by atoms with Crippen molar-refractivity contribution in [3.63, 3.8) is 0 Å². The summed E-state index contributed by atoms with van der Waals surface area (Å²) in [6.07, 6.45) is 2.10. The number of β-amino-alcohol motifs (C(OH)–C–C–N with tert-alkyl or cyclic N) is 1. The van der Waals surface area contributed by atoms with E-state index in [2.05, 4.69) is 31.4 Å². The van der Waals surface area contributed by atoms with Gasteiger partial charge < -0.3 is 30.6 Å². The normalized spacial score (nSPS) is 21.2. The summed E-state index contributed by atoms with van der Waals surface area (Å²) < 4.78 is 3.89. The molecule has 172 valence electrons. The van der Waals surface area contributed by atoms with E-state index < -0.39 is 5.60 Å². The van der Waals surface area contributed by atoms with Gasteiger partial charge in [0.1, 0.15) is 16.9 Å². The molecule has 11 heteroatoms. The lowest BCUT2D eigenvalue weighted by Gasteiger charge is -2.43. The number of aromatic nitrogens is 6. The zero-order valence-corrected chi connectivity index (χ0v) is 18.9. The van der Waals surface area contributed by atoms with Crippen LogP contribution in [0, 0.1) is 6.92 Å². The van der Waals surface area contributed by atoms with Gasteiger partial charge >= 0.3 is 0 Å². The maximum atomic E-state index is 13.3. The van der Waals surface area contributed by atoms with Crippen molar-refractivity contribution in [2.45, 2.75) is 45.4 Å². The predicted octanol–water partition coefficient (Wildman–Crippen LogP) is 1.51. The average Bonchev–Trinajstić information content (AvgIpc) is 3.31. The van der Waals surface area contributed by atoms with Crippen LogP contribution in [0.25, 0.3) is 22.2 Å². The number of anilines is 2. The molecule has 5 N–H and O–H groups in total. The van der Waals surface area contributed by atoms with Gasteiger partial charge in [-0.15, -0.1) is 0 Å². The lowest BCUT2D eigenvalue weighted by atomic mass is 9.88. The first-order valence-electron chi connectivity index (χ1n) is 10.9. The minimum atomic E-state index is -1.22. The lowest BCUT2D eigenvalue weighted by Crippen LogP contribution is -2.54. The molecule has 0 saturated carbocycles. The second-order valence-electron chi connectivity index (χ2n) is 8.79. The van der Waals surface area contributed by atoms with Gasteiger partial charge in [0.05, 0.1) is 29.9 Å². The number of carbonyl (C=O) groups excluding carboxylic acids is 1. The van der Waals surface area contributed by atoms with Gasteiger partial charge in [0.15, 0.2) is 11.5 Å². The number of aliphatic hydroxyl groups is 1. The Kier molecular flexibility index (Phi) is 4.74. The number of hydrogen-bond acceptors (Lipinski definition) is 8. The highest BCUT2D eigenvalue weighted by Crippen LogP contribution is 2.35. The van der Waals surface area contributed by atoms with Crippen LogP contribution in [-0.2, 0) is 6.54 Å². The standard InChI is InChI=1S/C22H27N9O2/c1-4-30-12(2)26-14-9-13(5-6-15(14)30)20(32)29-8-7-16(22(3,33)10-29)31-11-25-17-18(23)27-21(24)28-19(17)31/h5-6,9,11,16,33H,4,7-8,10H2,1-3H3,(H4,23,24,27,28)/t16-,22-/m1/s1. The van der Waals surface area contributed by atoms with Crippen molar-refractivity contribution in [1.82, 2.24) is 34.0 Å². The largest absolute Gasteiger partial charge is 0.386 e. The summed E-state index contributed by atoms with van der Waals surface area (Å²) in [6, 6.07) is 5.22. The average molecular weight is 450 g/mol. The number of carbonyl (C=O) groups is 1. The Balaban J connectivity index is 1.42. The minimum absolute atomic E-state index is 0.0464. The summed E-state index contributed by atoms with van der Waals surface area (Å²) in [6.45, 7) is 7.18. The predicted molar refractivity (Wildman–Crippen MR) is 124 cm³/mol. The molecular weight excluding hydrogens is 422 g/mol. The highest BCUT2D eigenvalue weighted by molar-refractivity contribution is 5.97. The molecule has 0 aliphatic carbocycles. The summed E-state index contributed by atoms with van der Waals surface area (Å²) in [5.41, 5.74) is 13.7. The number of rotatable bonds is 3. The maximum Gasteiger partial charge on any atom is 0.254 e. The topological polar surface area (TPSA) is 154 Å². The smallest absolute Gasteiger partial charge is 0.254 e. The first-order chi connectivity index (χ1) is 15.7. The number of hydrogen-bond donors (Lipinski definition) is 3. The monoisotopic (exact) mass is 449 g/mol. The van der Waals surface area contributed by atoms with E-state index in [0.29, 0.717) is 29.7 Å². The van der Waals surface area contributed by atoms with Gasteiger partial charge in [-0.3, -0.25) is 4.79 Å². The summed E-state index contributed by atoms with van der Waals surface area (Å²) >= 11 is 0. The summed E-state index contributed by atoms with van der Waals surface area (Å²) in [7, 11) is 0. The zero-order valence-electron chi connectivity index (χ0n) is 18.9. The van der Waals surface area contributed by atoms with Crippen LogP contribution in [0.4, 0.5) is 11.8 Å². The number of benzene rings is 1. The highest BCUT2D eigenvalue weighted by Gasteiger charge is 2.41. The fourth-order valence-electron chi connectivity index (χ4n) is 4.92. The molecule has 0 bridgehead atoms. The number of piperidine rings is 1. The van der Waals surface area contributed by atoms with E-state index in [0.717, 1.165) is 23.4 Å². The fraction of sp³-hybridized carbons (Fsp3) is 0.409. The third kappa shape index (κ3) is 3.35. The fourth-order valence-corrected chi connectivity index (χ4v) is 4.92. The SMILES string of the molecule is CCn1c(C)nc2cc(C(=O)N3CC[C@@H](n4cnc5c(N)nc(N)nc54)[C@](C)(O)C3)ccc21. The van der Waals surface area contributed by atoms with Crippen LogP contribution in [0.5, 0.6) is 0 Å². The first kappa shape index (κ1) is 21.1. The molecule has 0 spiro atoms. The van der Waals surface area contributed by atoms with E-state index in [-0.39, 0.29) is 30.3 Å². The van der Waals surface area contributed by atoms with E-state index >= 15 is 0 Å². The second kappa shape index (κ2) is 7.41. The first-order valence-corrected chi connectivity index (χ1v) is 10.9. The zero-order chi connectivity index (χ0) is 23.5. The van der Waals surface area contributed by atoms with Gasteiger partial charge in [0.25, 0.3) is 5.91 Å². The Morgan fingerprint density at radius 2 is 2.06 bits per heavy atom. The van der Waals surface area contributed by atoms with Crippen LogP contribution in [0.2, 0.25) is 0 Å². The van der Waals surface area contributed by atoms with Crippen LogP contribution in [-0.4, -0.2) is 63.7 Å². The second-order valence-corrected chi connectivity index (χ2v) is 8.79. The molecule has 1 aliphatic heterocycles. The van der Waals surface area contributed by atoms with E-state index in [1.54, 1.807) is 22.7 Å². The number of nitrogens with zero attached hydrogens (tertiary/aromatic N) is 7. The van der Waals surface area contributed by atoms with Gasteiger partial charge in [-0.25, -0.2) is 9.97 Å². The van der Waals surface area contributed by atoms with Crippen LogP contribution >= 0.6 is 0 Å². The molecule has 1 aliphatic rings. The molecule has 5 rings (SSSR count). The van der Waals surface area contributed by atoms with Crippen molar-refractivity contribution in [2.75, 3.05) is 24.6 Å². The summed E-state index contributed by atoms with van der Waals surface area (Å²) in [5, 5.41) is 11.3. The number of aryl methyl sites for hydroxylation is 2. The molecule has 0 unspecified atom stereocenters. The van der Waals surface area contributed by atoms with E-state index in [9.17, 15) is 9.90 Å². The molecular formula is C22H27N9O2. The Bertz CT molecular complexity index is 1390. The molecule has 11 nitrogen and oxygen atoms in total. The molecule has 1 aromatic carbocycles. The Morgan fingerprint density at radius 3 is 2.79 bits per heavy atom. The van der Waals surface area contributed by atoms with Crippen molar-refractivity contribution in [3.8, 4) is 0 Å². The van der Waals surface area contributed by atoms with Crippen molar-refractivity contribution in [2.24, 2.45) is 0 Å². The minimum Gasteiger partial charge on any atom is -0.386 e. The molecule has 4 aromatic rings. The maximum absolute atomic E-state index is 13.3. The number of nitrogen functional groups attached to an aromatic ring is 2. The van der Waals surface area contributed by atoms with E-state index in [1.807, 2.05) is 25.1 Å². The number of amides is 1. The van der Waals surface area contributed by atoms with E-state index in [1.165, 1.54) is 0 Å². The van der Waals surface area contributed by atoms with Crippen molar-refractivity contribution < 1.29 is 9.90 Å².